The Morgan fingerprint density at radius 2 is 2.10 bits per heavy atom. The third-order valence-electron chi connectivity index (χ3n) is 3.58. The predicted octanol–water partition coefficient (Wildman–Crippen LogP) is 2.33. The van der Waals surface area contributed by atoms with Crippen LogP contribution in [0.3, 0.4) is 0 Å². The van der Waals surface area contributed by atoms with Crippen LogP contribution in [0.15, 0.2) is 0 Å². The van der Waals surface area contributed by atoms with Gasteiger partial charge in [0.15, 0.2) is 0 Å². The highest BCUT2D eigenvalue weighted by Crippen LogP contribution is 2.28. The van der Waals surface area contributed by atoms with Gasteiger partial charge >= 0.3 is 11.8 Å². The monoisotopic (exact) mass is 298 g/mol. The number of rotatable bonds is 8. The van der Waals surface area contributed by atoms with E-state index in [1.807, 2.05) is 13.8 Å². The number of aromatic nitrogens is 2. The minimum atomic E-state index is -0.811. The Hall–Kier alpha value is -2.12. The van der Waals surface area contributed by atoms with Crippen molar-refractivity contribution in [1.82, 2.24) is 9.55 Å². The summed E-state index contributed by atoms with van der Waals surface area (Å²) in [6, 6.07) is 0. The van der Waals surface area contributed by atoms with Crippen molar-refractivity contribution in [2.24, 2.45) is 12.5 Å². The number of hydrogen-bond acceptors (Lipinski definition) is 5. The molecule has 0 atom stereocenters. The molecule has 0 aliphatic carbocycles. The quantitative estimate of drug-likeness (QED) is 0.563. The standard InChI is InChI=1S/C13H22N4O4/c1-9-15-12(17(20)21)11(16(9)4)14-8-7-13(2,3)6-5-10(18)19/h14H,5-8H2,1-4H3,(H,18,19). The van der Waals surface area contributed by atoms with E-state index >= 15 is 0 Å². The molecule has 0 bridgehead atoms. The molecule has 21 heavy (non-hydrogen) atoms. The Balaban J connectivity index is 2.64. The smallest absolute Gasteiger partial charge is 0.406 e. The highest BCUT2D eigenvalue weighted by Gasteiger charge is 2.24. The molecular weight excluding hydrogens is 276 g/mol. The average Bonchev–Trinajstić information content (AvgIpc) is 2.65. The molecule has 0 unspecified atom stereocenters. The van der Waals surface area contributed by atoms with Gasteiger partial charge in [0.05, 0.1) is 0 Å². The summed E-state index contributed by atoms with van der Waals surface area (Å²) in [5, 5.41) is 22.7. The van der Waals surface area contributed by atoms with E-state index in [-0.39, 0.29) is 17.7 Å². The van der Waals surface area contributed by atoms with E-state index < -0.39 is 10.9 Å². The Bertz CT molecular complexity index is 537. The molecule has 0 amide bonds. The van der Waals surface area contributed by atoms with E-state index in [0.717, 1.165) is 0 Å². The SMILES string of the molecule is Cc1nc([N+](=O)[O-])c(NCCC(C)(C)CCC(=O)O)n1C. The van der Waals surface area contributed by atoms with Gasteiger partial charge in [-0.2, -0.15) is 0 Å². The largest absolute Gasteiger partial charge is 0.481 e. The van der Waals surface area contributed by atoms with Crippen LogP contribution in [0, 0.1) is 22.5 Å². The van der Waals surface area contributed by atoms with Crippen molar-refractivity contribution in [2.75, 3.05) is 11.9 Å². The van der Waals surface area contributed by atoms with Gasteiger partial charge in [-0.15, -0.1) is 0 Å². The van der Waals surface area contributed by atoms with Crippen LogP contribution in [-0.4, -0.2) is 32.1 Å². The van der Waals surface area contributed by atoms with Crippen molar-refractivity contribution in [3.63, 3.8) is 0 Å². The maximum absolute atomic E-state index is 10.9. The molecule has 0 fully saturated rings. The molecular formula is C13H22N4O4. The average molecular weight is 298 g/mol. The first-order valence-electron chi connectivity index (χ1n) is 6.77. The molecule has 0 radical (unpaired) electrons. The van der Waals surface area contributed by atoms with Crippen LogP contribution >= 0.6 is 0 Å². The minimum absolute atomic E-state index is 0.123. The fraction of sp³-hybridized carbons (Fsp3) is 0.692. The first-order chi connectivity index (χ1) is 9.64. The lowest BCUT2D eigenvalue weighted by Gasteiger charge is -2.24. The van der Waals surface area contributed by atoms with Crippen LogP contribution in [0.5, 0.6) is 0 Å². The number of anilines is 1. The molecule has 0 aliphatic heterocycles. The lowest BCUT2D eigenvalue weighted by atomic mass is 9.84. The Kier molecular flexibility index (Phi) is 5.28. The number of imidazole rings is 1. The van der Waals surface area contributed by atoms with Crippen LogP contribution in [-0.2, 0) is 11.8 Å². The van der Waals surface area contributed by atoms with Crippen LogP contribution in [0.1, 0.15) is 38.9 Å². The molecule has 0 aromatic carbocycles. The summed E-state index contributed by atoms with van der Waals surface area (Å²) in [7, 11) is 1.72. The van der Waals surface area contributed by atoms with Crippen molar-refractivity contribution in [1.29, 1.82) is 0 Å². The fourth-order valence-corrected chi connectivity index (χ4v) is 2.01. The molecule has 8 nitrogen and oxygen atoms in total. The third-order valence-corrected chi connectivity index (χ3v) is 3.58. The molecule has 0 spiro atoms. The van der Waals surface area contributed by atoms with Gasteiger partial charge < -0.3 is 20.5 Å². The lowest BCUT2D eigenvalue weighted by molar-refractivity contribution is -0.388. The van der Waals surface area contributed by atoms with E-state index in [0.29, 0.717) is 31.0 Å². The molecule has 118 valence electrons. The van der Waals surface area contributed by atoms with Crippen LogP contribution in [0.2, 0.25) is 0 Å². The van der Waals surface area contributed by atoms with Gasteiger partial charge in [-0.3, -0.25) is 9.36 Å². The van der Waals surface area contributed by atoms with Crippen molar-refractivity contribution >= 4 is 17.6 Å². The van der Waals surface area contributed by atoms with Crippen molar-refractivity contribution in [3.05, 3.63) is 15.9 Å². The summed E-state index contributed by atoms with van der Waals surface area (Å²) < 4.78 is 1.64. The molecule has 2 N–H and O–H groups in total. The van der Waals surface area contributed by atoms with Gasteiger partial charge in [0.1, 0.15) is 0 Å². The summed E-state index contributed by atoms with van der Waals surface area (Å²) in [5.74, 6) is -0.0480. The second-order valence-electron chi connectivity index (χ2n) is 5.88. The van der Waals surface area contributed by atoms with Crippen LogP contribution in [0.4, 0.5) is 11.6 Å². The van der Waals surface area contributed by atoms with E-state index in [1.165, 1.54) is 0 Å². The maximum atomic E-state index is 10.9. The van der Waals surface area contributed by atoms with E-state index in [2.05, 4.69) is 10.3 Å². The minimum Gasteiger partial charge on any atom is -0.481 e. The summed E-state index contributed by atoms with van der Waals surface area (Å²) in [4.78, 5) is 25.0. The maximum Gasteiger partial charge on any atom is 0.406 e. The van der Waals surface area contributed by atoms with Crippen LogP contribution < -0.4 is 5.32 Å². The van der Waals surface area contributed by atoms with E-state index in [1.54, 1.807) is 18.5 Å². The Labute approximate surface area is 123 Å². The molecule has 1 heterocycles. The van der Waals surface area contributed by atoms with E-state index in [9.17, 15) is 14.9 Å². The van der Waals surface area contributed by atoms with Crippen LogP contribution in [0.25, 0.3) is 0 Å². The summed E-state index contributed by atoms with van der Waals surface area (Å²) >= 11 is 0. The topological polar surface area (TPSA) is 110 Å². The molecule has 0 saturated carbocycles. The zero-order valence-electron chi connectivity index (χ0n) is 12.8. The normalized spacial score (nSPS) is 11.4. The van der Waals surface area contributed by atoms with Gasteiger partial charge in [-0.1, -0.05) is 13.8 Å². The Morgan fingerprint density at radius 1 is 1.48 bits per heavy atom. The molecule has 1 aromatic heterocycles. The second kappa shape index (κ2) is 6.55. The van der Waals surface area contributed by atoms with E-state index in [4.69, 9.17) is 5.11 Å². The highest BCUT2D eigenvalue weighted by molar-refractivity contribution is 5.66. The van der Waals surface area contributed by atoms with Gasteiger partial charge in [-0.05, 0) is 28.2 Å². The second-order valence-corrected chi connectivity index (χ2v) is 5.88. The number of carbonyl (C=O) groups is 1. The molecule has 0 aliphatic rings. The van der Waals surface area contributed by atoms with Gasteiger partial charge in [0.2, 0.25) is 11.6 Å². The highest BCUT2D eigenvalue weighted by atomic mass is 16.6. The molecule has 1 rings (SSSR count). The summed E-state index contributed by atoms with van der Waals surface area (Å²) in [6.07, 6.45) is 1.40. The number of nitrogens with zero attached hydrogens (tertiary/aromatic N) is 3. The zero-order chi connectivity index (χ0) is 16.2. The Morgan fingerprint density at radius 3 is 2.62 bits per heavy atom. The number of nitrogens with one attached hydrogen (secondary N) is 1. The lowest BCUT2D eigenvalue weighted by Crippen LogP contribution is -2.19. The third kappa shape index (κ3) is 4.73. The number of aliphatic carboxylic acids is 1. The first-order valence-corrected chi connectivity index (χ1v) is 6.77. The van der Waals surface area contributed by atoms with Crippen molar-refractivity contribution < 1.29 is 14.8 Å². The molecule has 0 saturated heterocycles. The predicted molar refractivity (Wildman–Crippen MR) is 78.4 cm³/mol. The number of carboxylic acid groups (broad SMARTS) is 1. The number of nitro groups is 1. The van der Waals surface area contributed by atoms with Crippen molar-refractivity contribution in [3.8, 4) is 0 Å². The summed E-state index contributed by atoms with van der Waals surface area (Å²) in [5.41, 5.74) is -0.145. The summed E-state index contributed by atoms with van der Waals surface area (Å²) in [6.45, 7) is 6.20. The zero-order valence-corrected chi connectivity index (χ0v) is 12.8. The van der Waals surface area contributed by atoms with Gasteiger partial charge in [0, 0.05) is 26.9 Å². The van der Waals surface area contributed by atoms with Gasteiger partial charge in [0.25, 0.3) is 0 Å². The molecule has 1 aromatic rings. The van der Waals surface area contributed by atoms with Crippen molar-refractivity contribution in [2.45, 2.75) is 40.0 Å². The number of carboxylic acids is 1. The number of aryl methyl sites for hydroxylation is 1. The fourth-order valence-electron chi connectivity index (χ4n) is 2.01. The van der Waals surface area contributed by atoms with Gasteiger partial charge in [-0.25, -0.2) is 0 Å². The molecule has 8 heteroatoms. The number of hydrogen-bond donors (Lipinski definition) is 2. The first kappa shape index (κ1) is 16.9.